The first-order valence-corrected chi connectivity index (χ1v) is 8.81. The lowest BCUT2D eigenvalue weighted by Gasteiger charge is -2.07. The summed E-state index contributed by atoms with van der Waals surface area (Å²) in [7, 11) is 0. The Morgan fingerprint density at radius 3 is 2.52 bits per heavy atom. The van der Waals surface area contributed by atoms with Crippen LogP contribution in [0.25, 0.3) is 11.3 Å². The van der Waals surface area contributed by atoms with Gasteiger partial charge in [-0.2, -0.15) is 0 Å². The standard InChI is InChI=1S/C20H18N2O2S/c1-13(23)17-4-3-5-18(11-17)22-20(24)10-15-6-8-16(9-7-15)19-12-25-14(2)21-19/h3-9,11-12H,10H2,1-2H3,(H,22,24). The Bertz CT molecular complexity index is 913. The van der Waals surface area contributed by atoms with Gasteiger partial charge in [-0.05, 0) is 31.5 Å². The van der Waals surface area contributed by atoms with Crippen molar-refractivity contribution in [2.24, 2.45) is 0 Å². The highest BCUT2D eigenvalue weighted by Gasteiger charge is 2.07. The number of thiazole rings is 1. The van der Waals surface area contributed by atoms with E-state index in [1.807, 2.05) is 36.6 Å². The molecule has 5 heteroatoms. The molecule has 4 nitrogen and oxygen atoms in total. The molecule has 0 radical (unpaired) electrons. The molecule has 3 rings (SSSR count). The number of benzene rings is 2. The molecule has 0 saturated heterocycles. The summed E-state index contributed by atoms with van der Waals surface area (Å²) >= 11 is 1.62. The summed E-state index contributed by atoms with van der Waals surface area (Å²) in [5.41, 5.74) is 4.14. The molecule has 126 valence electrons. The van der Waals surface area contributed by atoms with E-state index in [1.54, 1.807) is 35.6 Å². The number of carbonyl (C=O) groups is 2. The normalized spacial score (nSPS) is 10.5. The number of aromatic nitrogens is 1. The maximum atomic E-state index is 12.2. The van der Waals surface area contributed by atoms with Crippen LogP contribution >= 0.6 is 11.3 Å². The molecule has 1 aromatic heterocycles. The molecule has 1 N–H and O–H groups in total. The predicted octanol–water partition coefficient (Wildman–Crippen LogP) is 4.50. The summed E-state index contributed by atoms with van der Waals surface area (Å²) in [5.74, 6) is -0.137. The van der Waals surface area contributed by atoms with Gasteiger partial charge in [0.1, 0.15) is 0 Å². The average molecular weight is 350 g/mol. The van der Waals surface area contributed by atoms with Gasteiger partial charge in [0.05, 0.1) is 17.1 Å². The maximum absolute atomic E-state index is 12.2. The fraction of sp³-hybridized carbons (Fsp3) is 0.150. The van der Waals surface area contributed by atoms with E-state index >= 15 is 0 Å². The third-order valence-corrected chi connectivity index (χ3v) is 4.56. The van der Waals surface area contributed by atoms with Crippen molar-refractivity contribution in [2.45, 2.75) is 20.3 Å². The van der Waals surface area contributed by atoms with E-state index < -0.39 is 0 Å². The van der Waals surface area contributed by atoms with Crippen LogP contribution in [0.2, 0.25) is 0 Å². The lowest BCUT2D eigenvalue weighted by Crippen LogP contribution is -2.14. The fourth-order valence-electron chi connectivity index (χ4n) is 2.50. The molecule has 2 aromatic carbocycles. The molecule has 0 spiro atoms. The first-order valence-electron chi connectivity index (χ1n) is 7.93. The van der Waals surface area contributed by atoms with Crippen LogP contribution in [0, 0.1) is 6.92 Å². The maximum Gasteiger partial charge on any atom is 0.228 e. The van der Waals surface area contributed by atoms with Gasteiger partial charge in [0.15, 0.2) is 5.78 Å². The number of carbonyl (C=O) groups excluding carboxylic acids is 2. The van der Waals surface area contributed by atoms with Crippen molar-refractivity contribution in [3.05, 3.63) is 70.0 Å². The summed E-state index contributed by atoms with van der Waals surface area (Å²) in [6, 6.07) is 14.8. The summed E-state index contributed by atoms with van der Waals surface area (Å²) in [6.07, 6.45) is 0.278. The van der Waals surface area contributed by atoms with Crippen LogP contribution in [-0.2, 0) is 11.2 Å². The monoisotopic (exact) mass is 350 g/mol. The molecular formula is C20H18N2O2S. The van der Waals surface area contributed by atoms with Gasteiger partial charge >= 0.3 is 0 Å². The molecule has 25 heavy (non-hydrogen) atoms. The minimum Gasteiger partial charge on any atom is -0.326 e. The van der Waals surface area contributed by atoms with E-state index in [9.17, 15) is 9.59 Å². The van der Waals surface area contributed by atoms with Gasteiger partial charge in [0.2, 0.25) is 5.91 Å². The van der Waals surface area contributed by atoms with E-state index in [2.05, 4.69) is 10.3 Å². The smallest absolute Gasteiger partial charge is 0.228 e. The van der Waals surface area contributed by atoms with Crippen LogP contribution in [0.4, 0.5) is 5.69 Å². The topological polar surface area (TPSA) is 59.1 Å². The second kappa shape index (κ2) is 7.40. The van der Waals surface area contributed by atoms with Crippen LogP contribution in [0.15, 0.2) is 53.9 Å². The number of rotatable bonds is 5. The highest BCUT2D eigenvalue weighted by Crippen LogP contribution is 2.22. The second-order valence-corrected chi connectivity index (χ2v) is 6.87. The molecule has 1 heterocycles. The molecular weight excluding hydrogens is 332 g/mol. The van der Waals surface area contributed by atoms with Gasteiger partial charge in [-0.1, -0.05) is 36.4 Å². The van der Waals surface area contributed by atoms with Gasteiger partial charge in [-0.15, -0.1) is 11.3 Å². The average Bonchev–Trinajstić information content (AvgIpc) is 3.02. The molecule has 0 aliphatic carbocycles. The molecule has 1 amide bonds. The third kappa shape index (κ3) is 4.39. The number of hydrogen-bond donors (Lipinski definition) is 1. The van der Waals surface area contributed by atoms with Gasteiger partial charge in [0.25, 0.3) is 0 Å². The number of amides is 1. The summed E-state index contributed by atoms with van der Waals surface area (Å²) < 4.78 is 0. The van der Waals surface area contributed by atoms with Crippen molar-refractivity contribution in [1.82, 2.24) is 4.98 Å². The molecule has 0 saturated carbocycles. The quantitative estimate of drug-likeness (QED) is 0.689. The van der Waals surface area contributed by atoms with Crippen LogP contribution in [0.1, 0.15) is 27.9 Å². The predicted molar refractivity (Wildman–Crippen MR) is 101 cm³/mol. The van der Waals surface area contributed by atoms with Crippen LogP contribution < -0.4 is 5.32 Å². The number of nitrogens with zero attached hydrogens (tertiary/aromatic N) is 1. The number of nitrogens with one attached hydrogen (secondary N) is 1. The Hall–Kier alpha value is -2.79. The minimum absolute atomic E-state index is 0.0241. The molecule has 0 aliphatic rings. The van der Waals surface area contributed by atoms with Crippen molar-refractivity contribution in [3.8, 4) is 11.3 Å². The van der Waals surface area contributed by atoms with Gasteiger partial charge < -0.3 is 5.32 Å². The zero-order chi connectivity index (χ0) is 17.8. The van der Waals surface area contributed by atoms with Gasteiger partial charge in [-0.25, -0.2) is 4.98 Å². The molecule has 0 fully saturated rings. The highest BCUT2D eigenvalue weighted by molar-refractivity contribution is 7.09. The Labute approximate surface area is 150 Å². The molecule has 0 aliphatic heterocycles. The Morgan fingerprint density at radius 2 is 1.88 bits per heavy atom. The van der Waals surface area contributed by atoms with Crippen molar-refractivity contribution >= 4 is 28.7 Å². The largest absolute Gasteiger partial charge is 0.326 e. The lowest BCUT2D eigenvalue weighted by atomic mass is 10.1. The Morgan fingerprint density at radius 1 is 1.12 bits per heavy atom. The SMILES string of the molecule is CC(=O)c1cccc(NC(=O)Cc2ccc(-c3csc(C)n3)cc2)c1. The zero-order valence-corrected chi connectivity index (χ0v) is 14.9. The summed E-state index contributed by atoms with van der Waals surface area (Å²) in [4.78, 5) is 28.1. The van der Waals surface area contributed by atoms with E-state index in [0.717, 1.165) is 21.8 Å². The van der Waals surface area contributed by atoms with Crippen molar-refractivity contribution in [3.63, 3.8) is 0 Å². The number of aryl methyl sites for hydroxylation is 1. The summed E-state index contributed by atoms with van der Waals surface area (Å²) in [6.45, 7) is 3.49. The first-order chi connectivity index (χ1) is 12.0. The number of Topliss-reactive ketones (excluding diaryl/α,β-unsaturated/α-hetero) is 1. The minimum atomic E-state index is -0.113. The molecule has 0 unspecified atom stereocenters. The molecule has 3 aromatic rings. The van der Waals surface area contributed by atoms with E-state index in [-0.39, 0.29) is 18.1 Å². The van der Waals surface area contributed by atoms with Crippen molar-refractivity contribution in [2.75, 3.05) is 5.32 Å². The Balaban J connectivity index is 1.65. The second-order valence-electron chi connectivity index (χ2n) is 5.81. The van der Waals surface area contributed by atoms with Crippen LogP contribution in [0.5, 0.6) is 0 Å². The third-order valence-electron chi connectivity index (χ3n) is 3.79. The van der Waals surface area contributed by atoms with E-state index in [0.29, 0.717) is 11.3 Å². The number of ketones is 1. The molecule has 0 atom stereocenters. The van der Waals surface area contributed by atoms with E-state index in [4.69, 9.17) is 0 Å². The van der Waals surface area contributed by atoms with Gasteiger partial charge in [-0.3, -0.25) is 9.59 Å². The highest BCUT2D eigenvalue weighted by atomic mass is 32.1. The van der Waals surface area contributed by atoms with E-state index in [1.165, 1.54) is 6.92 Å². The van der Waals surface area contributed by atoms with Crippen LogP contribution in [0.3, 0.4) is 0 Å². The fourth-order valence-corrected chi connectivity index (χ4v) is 3.12. The van der Waals surface area contributed by atoms with Crippen molar-refractivity contribution < 1.29 is 9.59 Å². The lowest BCUT2D eigenvalue weighted by molar-refractivity contribution is -0.115. The van der Waals surface area contributed by atoms with Crippen LogP contribution in [-0.4, -0.2) is 16.7 Å². The number of anilines is 1. The van der Waals surface area contributed by atoms with Gasteiger partial charge in [0, 0.05) is 22.2 Å². The van der Waals surface area contributed by atoms with Crippen molar-refractivity contribution in [1.29, 1.82) is 0 Å². The number of hydrogen-bond acceptors (Lipinski definition) is 4. The Kier molecular flexibility index (Phi) is 5.05. The first kappa shape index (κ1) is 17.0. The summed E-state index contributed by atoms with van der Waals surface area (Å²) in [5, 5.41) is 5.89. The zero-order valence-electron chi connectivity index (χ0n) is 14.1. The molecule has 0 bridgehead atoms.